The number of nitrogens with one attached hydrogen (secondary N) is 4. The highest BCUT2D eigenvalue weighted by Gasteiger charge is 2.27. The lowest BCUT2D eigenvalue weighted by atomic mass is 10.0. The maximum atomic E-state index is 12.5. The van der Waals surface area contributed by atoms with Gasteiger partial charge in [-0.25, -0.2) is 4.79 Å². The van der Waals surface area contributed by atoms with E-state index in [0.717, 1.165) is 16.5 Å². The summed E-state index contributed by atoms with van der Waals surface area (Å²) in [4.78, 5) is 62.2. The summed E-state index contributed by atoms with van der Waals surface area (Å²) in [6.07, 6.45) is 1.33. The number of amides is 3. The number of carboxylic acids is 2. The summed E-state index contributed by atoms with van der Waals surface area (Å²) >= 11 is 0. The molecule has 12 nitrogen and oxygen atoms in total. The van der Waals surface area contributed by atoms with E-state index in [2.05, 4.69) is 20.9 Å². The number of para-hydroxylation sites is 1. The molecule has 0 bridgehead atoms. The average molecular weight is 476 g/mol. The fraction of sp³-hybridized carbons (Fsp3) is 0.409. The first-order chi connectivity index (χ1) is 16.0. The number of carboxylic acid groups (broad SMARTS) is 2. The van der Waals surface area contributed by atoms with Crippen LogP contribution in [0, 0.1) is 0 Å². The molecule has 34 heavy (non-hydrogen) atoms. The molecule has 0 saturated carbocycles. The Hall–Kier alpha value is -3.93. The van der Waals surface area contributed by atoms with Gasteiger partial charge in [-0.2, -0.15) is 0 Å². The zero-order valence-corrected chi connectivity index (χ0v) is 18.8. The fourth-order valence-corrected chi connectivity index (χ4v) is 3.22. The van der Waals surface area contributed by atoms with Crippen LogP contribution in [0.3, 0.4) is 0 Å². The number of rotatable bonds is 12. The molecule has 0 aliphatic heterocycles. The van der Waals surface area contributed by atoms with Crippen molar-refractivity contribution in [1.29, 1.82) is 0 Å². The predicted molar refractivity (Wildman–Crippen MR) is 122 cm³/mol. The van der Waals surface area contributed by atoms with E-state index in [9.17, 15) is 29.1 Å². The molecule has 0 aliphatic rings. The number of carbonyl (C=O) groups excluding carboxylic acids is 3. The number of carbonyl (C=O) groups is 5. The van der Waals surface area contributed by atoms with Crippen molar-refractivity contribution in [3.8, 4) is 0 Å². The van der Waals surface area contributed by atoms with Gasteiger partial charge in [-0.1, -0.05) is 18.2 Å². The molecule has 0 aliphatic carbocycles. The predicted octanol–water partition coefficient (Wildman–Crippen LogP) is -0.519. The second-order valence-corrected chi connectivity index (χ2v) is 7.96. The number of nitrogens with two attached hydrogens (primary N) is 1. The molecule has 1 aromatic carbocycles. The maximum Gasteiger partial charge on any atom is 0.326 e. The molecule has 2 rings (SSSR count). The summed E-state index contributed by atoms with van der Waals surface area (Å²) in [5.74, 6) is -4.43. The molecule has 3 amide bonds. The topological polar surface area (TPSA) is 204 Å². The van der Waals surface area contributed by atoms with Gasteiger partial charge in [0.1, 0.15) is 18.1 Å². The summed E-state index contributed by atoms with van der Waals surface area (Å²) in [6.45, 7) is 2.75. The maximum absolute atomic E-state index is 12.5. The highest BCUT2D eigenvalue weighted by atomic mass is 16.4. The fourth-order valence-electron chi connectivity index (χ4n) is 3.22. The van der Waals surface area contributed by atoms with Gasteiger partial charge < -0.3 is 36.9 Å². The minimum absolute atomic E-state index is 0.0342. The van der Waals surface area contributed by atoms with Crippen LogP contribution >= 0.6 is 0 Å². The third-order valence-electron chi connectivity index (χ3n) is 5.22. The normalized spacial score (nSPS) is 14.4. The molecule has 4 atom stereocenters. The number of fused-ring (bicyclic) bond motifs is 1. The SMILES string of the molecule is CC(NC(=O)C(N)CCC(=O)O)C(=O)NC(C)C(=O)NC(Cc1c[nH]c2ccccc12)C(=O)O. The third-order valence-corrected chi connectivity index (χ3v) is 5.22. The molecule has 1 aromatic heterocycles. The van der Waals surface area contributed by atoms with Crippen molar-refractivity contribution < 1.29 is 34.2 Å². The van der Waals surface area contributed by atoms with Crippen LogP contribution in [0.15, 0.2) is 30.5 Å². The largest absolute Gasteiger partial charge is 0.481 e. The quantitative estimate of drug-likeness (QED) is 0.212. The summed E-state index contributed by atoms with van der Waals surface area (Å²) in [6, 6.07) is 2.89. The highest BCUT2D eigenvalue weighted by molar-refractivity contribution is 5.94. The Labute approximate surface area is 195 Å². The van der Waals surface area contributed by atoms with E-state index < -0.39 is 53.8 Å². The van der Waals surface area contributed by atoms with E-state index >= 15 is 0 Å². The lowest BCUT2D eigenvalue weighted by Gasteiger charge is -2.21. The Bertz CT molecular complexity index is 1070. The number of hydrogen-bond donors (Lipinski definition) is 7. The van der Waals surface area contributed by atoms with Gasteiger partial charge in [-0.05, 0) is 31.9 Å². The van der Waals surface area contributed by atoms with Crippen LogP contribution < -0.4 is 21.7 Å². The minimum Gasteiger partial charge on any atom is -0.481 e. The lowest BCUT2D eigenvalue weighted by molar-refractivity contribution is -0.142. The molecule has 184 valence electrons. The van der Waals surface area contributed by atoms with Gasteiger partial charge in [-0.3, -0.25) is 19.2 Å². The summed E-state index contributed by atoms with van der Waals surface area (Å²) in [5, 5.41) is 26.2. The van der Waals surface area contributed by atoms with Gasteiger partial charge >= 0.3 is 11.9 Å². The average Bonchev–Trinajstić information content (AvgIpc) is 3.19. The van der Waals surface area contributed by atoms with Crippen molar-refractivity contribution in [2.24, 2.45) is 5.73 Å². The van der Waals surface area contributed by atoms with Crippen molar-refractivity contribution in [3.05, 3.63) is 36.0 Å². The van der Waals surface area contributed by atoms with Gasteiger partial charge in [0, 0.05) is 29.9 Å². The summed E-state index contributed by atoms with van der Waals surface area (Å²) < 4.78 is 0. The Balaban J connectivity index is 1.91. The van der Waals surface area contributed by atoms with Gasteiger partial charge in [-0.15, -0.1) is 0 Å². The van der Waals surface area contributed by atoms with Crippen LogP contribution in [0.2, 0.25) is 0 Å². The first kappa shape index (κ1) is 26.3. The molecule has 0 spiro atoms. The molecule has 0 radical (unpaired) electrons. The number of aliphatic carboxylic acids is 2. The van der Waals surface area contributed by atoms with Gasteiger partial charge in [0.15, 0.2) is 0 Å². The molecular weight excluding hydrogens is 446 g/mol. The van der Waals surface area contributed by atoms with E-state index in [1.165, 1.54) is 13.8 Å². The van der Waals surface area contributed by atoms with Crippen molar-refractivity contribution in [3.63, 3.8) is 0 Å². The van der Waals surface area contributed by atoms with Crippen LogP contribution in [-0.2, 0) is 30.4 Å². The molecule has 12 heteroatoms. The zero-order valence-electron chi connectivity index (χ0n) is 18.8. The van der Waals surface area contributed by atoms with Crippen molar-refractivity contribution >= 4 is 40.6 Å². The second-order valence-electron chi connectivity index (χ2n) is 7.96. The smallest absolute Gasteiger partial charge is 0.326 e. The molecule has 0 fully saturated rings. The molecule has 1 heterocycles. The Morgan fingerprint density at radius 2 is 1.53 bits per heavy atom. The zero-order chi connectivity index (χ0) is 25.4. The van der Waals surface area contributed by atoms with Crippen LogP contribution in [0.1, 0.15) is 32.3 Å². The van der Waals surface area contributed by atoms with Gasteiger partial charge in [0.05, 0.1) is 6.04 Å². The molecular formula is C22H29N5O7. The number of hydrogen-bond acceptors (Lipinski definition) is 6. The monoisotopic (exact) mass is 475 g/mol. The van der Waals surface area contributed by atoms with Crippen LogP contribution in [0.5, 0.6) is 0 Å². The Morgan fingerprint density at radius 1 is 0.941 bits per heavy atom. The van der Waals surface area contributed by atoms with Crippen LogP contribution in [0.4, 0.5) is 0 Å². The summed E-state index contributed by atoms with van der Waals surface area (Å²) in [7, 11) is 0. The van der Waals surface area contributed by atoms with Gasteiger partial charge in [0.25, 0.3) is 0 Å². The van der Waals surface area contributed by atoms with Crippen LogP contribution in [0.25, 0.3) is 10.9 Å². The van der Waals surface area contributed by atoms with Crippen molar-refractivity contribution in [1.82, 2.24) is 20.9 Å². The van der Waals surface area contributed by atoms with Crippen LogP contribution in [-0.4, -0.2) is 69.0 Å². The number of aromatic nitrogens is 1. The van der Waals surface area contributed by atoms with E-state index in [1.54, 1.807) is 6.20 Å². The third kappa shape index (κ3) is 7.30. The molecule has 2 aromatic rings. The lowest BCUT2D eigenvalue weighted by Crippen LogP contribution is -2.55. The number of benzene rings is 1. The van der Waals surface area contributed by atoms with E-state index in [0.29, 0.717) is 0 Å². The van der Waals surface area contributed by atoms with Crippen molar-refractivity contribution in [2.75, 3.05) is 0 Å². The molecule has 8 N–H and O–H groups in total. The van der Waals surface area contributed by atoms with E-state index in [-0.39, 0.29) is 19.3 Å². The Kier molecular flexibility index (Phi) is 9.13. The summed E-state index contributed by atoms with van der Waals surface area (Å²) in [5.41, 5.74) is 7.17. The Morgan fingerprint density at radius 3 is 2.15 bits per heavy atom. The number of aromatic amines is 1. The minimum atomic E-state index is -1.23. The molecule has 0 saturated heterocycles. The number of H-pyrrole nitrogens is 1. The van der Waals surface area contributed by atoms with E-state index in [1.807, 2.05) is 24.3 Å². The van der Waals surface area contributed by atoms with Crippen molar-refractivity contribution in [2.45, 2.75) is 57.3 Å². The van der Waals surface area contributed by atoms with E-state index in [4.69, 9.17) is 10.8 Å². The van der Waals surface area contributed by atoms with Gasteiger partial charge in [0.2, 0.25) is 17.7 Å². The standard InChI is InChI=1S/C22H29N5O7/c1-11(26-21(32)15(23)7-8-18(28)29)19(30)25-12(2)20(31)27-17(22(33)34)9-13-10-24-16-6-4-3-5-14(13)16/h3-6,10-12,15,17,24H,7-9,23H2,1-2H3,(H,25,30)(H,26,32)(H,27,31)(H,28,29)(H,33,34). The first-order valence-corrected chi connectivity index (χ1v) is 10.7. The molecule has 4 unspecified atom stereocenters. The second kappa shape index (κ2) is 11.8. The highest BCUT2D eigenvalue weighted by Crippen LogP contribution is 2.19. The first-order valence-electron chi connectivity index (χ1n) is 10.7.